The predicted molar refractivity (Wildman–Crippen MR) is 94.7 cm³/mol. The van der Waals surface area contributed by atoms with Crippen LogP contribution in [0.1, 0.15) is 32.1 Å². The standard InChI is InChI=1S/C19H20N4O/c1-3-7-14(8-4-1)11-12-20-19-18-17(21-13-22-19)16(23-24-18)15-9-5-2-6-10-15/h2,5-7,9-10,13H,1,3-4,8,11-12H2,(H,20,21,22). The average Bonchev–Trinajstić information content (AvgIpc) is 3.08. The highest BCUT2D eigenvalue weighted by Gasteiger charge is 2.15. The second-order valence-corrected chi connectivity index (χ2v) is 6.08. The van der Waals surface area contributed by atoms with E-state index in [0.717, 1.165) is 29.7 Å². The third kappa shape index (κ3) is 3.02. The lowest BCUT2D eigenvalue weighted by molar-refractivity contribution is 0.459. The molecular weight excluding hydrogens is 300 g/mol. The fraction of sp³-hybridized carbons (Fsp3) is 0.316. The van der Waals surface area contributed by atoms with E-state index in [1.54, 1.807) is 11.9 Å². The Bertz CT molecular complexity index is 854. The van der Waals surface area contributed by atoms with Crippen molar-refractivity contribution in [2.45, 2.75) is 32.1 Å². The summed E-state index contributed by atoms with van der Waals surface area (Å²) in [6.45, 7) is 0.847. The van der Waals surface area contributed by atoms with Crippen molar-refractivity contribution < 1.29 is 4.52 Å². The topological polar surface area (TPSA) is 63.8 Å². The van der Waals surface area contributed by atoms with Gasteiger partial charge < -0.3 is 9.84 Å². The molecule has 0 fully saturated rings. The molecule has 0 atom stereocenters. The summed E-state index contributed by atoms with van der Waals surface area (Å²) in [6.07, 6.45) is 10.1. The van der Waals surface area contributed by atoms with Gasteiger partial charge in [0.25, 0.3) is 0 Å². The van der Waals surface area contributed by atoms with Crippen LogP contribution in [0.5, 0.6) is 0 Å². The van der Waals surface area contributed by atoms with Gasteiger partial charge in [-0.3, -0.25) is 0 Å². The molecule has 1 aromatic carbocycles. The number of allylic oxidation sites excluding steroid dienone is 1. The first-order chi connectivity index (χ1) is 11.9. The van der Waals surface area contributed by atoms with E-state index >= 15 is 0 Å². The summed E-state index contributed by atoms with van der Waals surface area (Å²) in [5, 5.41) is 7.57. The zero-order chi connectivity index (χ0) is 16.2. The van der Waals surface area contributed by atoms with Gasteiger partial charge in [0.15, 0.2) is 5.82 Å². The Balaban J connectivity index is 1.54. The maximum atomic E-state index is 5.53. The van der Waals surface area contributed by atoms with Gasteiger partial charge in [-0.05, 0) is 32.1 Å². The molecule has 5 nitrogen and oxygen atoms in total. The summed E-state index contributed by atoms with van der Waals surface area (Å²) in [4.78, 5) is 8.68. The first-order valence-electron chi connectivity index (χ1n) is 8.49. The van der Waals surface area contributed by atoms with E-state index in [0.29, 0.717) is 11.4 Å². The number of nitrogens with one attached hydrogen (secondary N) is 1. The zero-order valence-electron chi connectivity index (χ0n) is 13.5. The van der Waals surface area contributed by atoms with Crippen LogP contribution in [0, 0.1) is 0 Å². The molecule has 24 heavy (non-hydrogen) atoms. The molecule has 1 N–H and O–H groups in total. The van der Waals surface area contributed by atoms with E-state index < -0.39 is 0 Å². The fourth-order valence-corrected chi connectivity index (χ4v) is 3.15. The summed E-state index contributed by atoms with van der Waals surface area (Å²) in [7, 11) is 0. The molecule has 0 amide bonds. The molecule has 0 saturated heterocycles. The van der Waals surface area contributed by atoms with Crippen molar-refractivity contribution >= 4 is 16.9 Å². The van der Waals surface area contributed by atoms with Gasteiger partial charge in [0.1, 0.15) is 17.5 Å². The monoisotopic (exact) mass is 320 g/mol. The minimum Gasteiger partial charge on any atom is -0.366 e. The highest BCUT2D eigenvalue weighted by Crippen LogP contribution is 2.29. The van der Waals surface area contributed by atoms with Crippen LogP contribution in [-0.2, 0) is 0 Å². The number of fused-ring (bicyclic) bond motifs is 1. The first-order valence-corrected chi connectivity index (χ1v) is 8.49. The predicted octanol–water partition coefficient (Wildman–Crippen LogP) is 4.59. The third-order valence-electron chi connectivity index (χ3n) is 4.43. The summed E-state index contributed by atoms with van der Waals surface area (Å²) in [5.74, 6) is 0.714. The minimum atomic E-state index is 0.619. The zero-order valence-corrected chi connectivity index (χ0v) is 13.5. The van der Waals surface area contributed by atoms with Gasteiger partial charge in [0.05, 0.1) is 0 Å². The van der Waals surface area contributed by atoms with E-state index in [4.69, 9.17) is 4.52 Å². The third-order valence-corrected chi connectivity index (χ3v) is 4.43. The molecule has 3 aromatic rings. The number of rotatable bonds is 5. The van der Waals surface area contributed by atoms with Crippen molar-refractivity contribution in [2.24, 2.45) is 0 Å². The SMILES string of the molecule is C1=C(CCNc2ncnc3c(-c4ccccc4)noc23)CCCC1. The number of aromatic nitrogens is 3. The highest BCUT2D eigenvalue weighted by atomic mass is 16.5. The van der Waals surface area contributed by atoms with Crippen LogP contribution < -0.4 is 5.32 Å². The molecular formula is C19H20N4O. The molecule has 2 aromatic heterocycles. The molecule has 0 radical (unpaired) electrons. The summed E-state index contributed by atoms with van der Waals surface area (Å²) >= 11 is 0. The number of nitrogens with zero attached hydrogens (tertiary/aromatic N) is 3. The van der Waals surface area contributed by atoms with E-state index in [1.807, 2.05) is 30.3 Å². The van der Waals surface area contributed by atoms with Crippen molar-refractivity contribution in [1.82, 2.24) is 15.1 Å². The van der Waals surface area contributed by atoms with Gasteiger partial charge in [-0.15, -0.1) is 0 Å². The molecule has 0 spiro atoms. The fourth-order valence-electron chi connectivity index (χ4n) is 3.15. The quantitative estimate of drug-likeness (QED) is 0.697. The van der Waals surface area contributed by atoms with Crippen molar-refractivity contribution in [3.8, 4) is 11.3 Å². The largest absolute Gasteiger partial charge is 0.366 e. The molecule has 2 heterocycles. The molecule has 4 rings (SSSR count). The van der Waals surface area contributed by atoms with Gasteiger partial charge in [0, 0.05) is 12.1 Å². The molecule has 1 aliphatic rings. The molecule has 0 aliphatic heterocycles. The normalized spacial score (nSPS) is 14.6. The van der Waals surface area contributed by atoms with E-state index in [-0.39, 0.29) is 0 Å². The van der Waals surface area contributed by atoms with Crippen LogP contribution in [0.25, 0.3) is 22.4 Å². The number of hydrogen-bond donors (Lipinski definition) is 1. The van der Waals surface area contributed by atoms with Crippen LogP contribution in [-0.4, -0.2) is 21.7 Å². The van der Waals surface area contributed by atoms with Gasteiger partial charge in [-0.25, -0.2) is 9.97 Å². The van der Waals surface area contributed by atoms with Crippen molar-refractivity contribution in [2.75, 3.05) is 11.9 Å². The highest BCUT2D eigenvalue weighted by molar-refractivity contribution is 5.93. The smallest absolute Gasteiger partial charge is 0.228 e. The number of anilines is 1. The molecule has 1 aliphatic carbocycles. The molecule has 122 valence electrons. The van der Waals surface area contributed by atoms with Gasteiger partial charge in [-0.2, -0.15) is 0 Å². The lowest BCUT2D eigenvalue weighted by atomic mass is 9.97. The van der Waals surface area contributed by atoms with E-state index in [9.17, 15) is 0 Å². The van der Waals surface area contributed by atoms with Gasteiger partial charge in [0.2, 0.25) is 5.58 Å². The van der Waals surface area contributed by atoms with E-state index in [1.165, 1.54) is 25.7 Å². The maximum absolute atomic E-state index is 5.53. The van der Waals surface area contributed by atoms with Crippen LogP contribution in [0.2, 0.25) is 0 Å². The Morgan fingerprint density at radius 1 is 1.08 bits per heavy atom. The number of hydrogen-bond acceptors (Lipinski definition) is 5. The first kappa shape index (κ1) is 14.9. The second kappa shape index (κ2) is 6.83. The maximum Gasteiger partial charge on any atom is 0.228 e. The molecule has 0 saturated carbocycles. The van der Waals surface area contributed by atoms with Crippen molar-refractivity contribution in [1.29, 1.82) is 0 Å². The second-order valence-electron chi connectivity index (χ2n) is 6.08. The molecule has 0 bridgehead atoms. The minimum absolute atomic E-state index is 0.619. The Morgan fingerprint density at radius 3 is 2.83 bits per heavy atom. The van der Waals surface area contributed by atoms with Gasteiger partial charge in [-0.1, -0.05) is 47.1 Å². The Hall–Kier alpha value is -2.69. The van der Waals surface area contributed by atoms with Crippen LogP contribution in [0.4, 0.5) is 5.82 Å². The summed E-state index contributed by atoms with van der Waals surface area (Å²) in [6, 6.07) is 9.94. The Kier molecular flexibility index (Phi) is 4.23. The Labute approximate surface area is 140 Å². The van der Waals surface area contributed by atoms with E-state index in [2.05, 4.69) is 26.5 Å². The average molecular weight is 320 g/mol. The summed E-state index contributed by atoms with van der Waals surface area (Å²) in [5.41, 5.74) is 4.66. The van der Waals surface area contributed by atoms with Crippen LogP contribution in [0.15, 0.2) is 52.8 Å². The lowest BCUT2D eigenvalue weighted by Crippen LogP contribution is -2.06. The molecule has 5 heteroatoms. The van der Waals surface area contributed by atoms with Crippen LogP contribution >= 0.6 is 0 Å². The van der Waals surface area contributed by atoms with Crippen molar-refractivity contribution in [3.05, 3.63) is 48.3 Å². The number of benzene rings is 1. The van der Waals surface area contributed by atoms with Gasteiger partial charge >= 0.3 is 0 Å². The molecule has 0 unspecified atom stereocenters. The Morgan fingerprint density at radius 2 is 2.00 bits per heavy atom. The summed E-state index contributed by atoms with van der Waals surface area (Å²) < 4.78 is 5.53. The van der Waals surface area contributed by atoms with Crippen LogP contribution in [0.3, 0.4) is 0 Å². The van der Waals surface area contributed by atoms with Crippen molar-refractivity contribution in [3.63, 3.8) is 0 Å². The lowest BCUT2D eigenvalue weighted by Gasteiger charge is -2.12.